The van der Waals surface area contributed by atoms with Gasteiger partial charge in [-0.2, -0.15) is 0 Å². The fourth-order valence-corrected chi connectivity index (χ4v) is 1.32. The summed E-state index contributed by atoms with van der Waals surface area (Å²) in [6.07, 6.45) is 0. The third-order valence-corrected chi connectivity index (χ3v) is 2.06. The van der Waals surface area contributed by atoms with E-state index in [1.54, 1.807) is 0 Å². The van der Waals surface area contributed by atoms with Crippen molar-refractivity contribution >= 4 is 15.9 Å². The van der Waals surface area contributed by atoms with E-state index in [0.29, 0.717) is 0 Å². The number of benzene rings is 1. The number of halogens is 2. The normalized spacial score (nSPS) is 10.4. The van der Waals surface area contributed by atoms with Crippen LogP contribution in [0.5, 0.6) is 11.5 Å². The third kappa shape index (κ3) is 1.90. The minimum Gasteiger partial charge on any atom is -0.504 e. The Kier molecular flexibility index (Phi) is 3.07. The monoisotopic (exact) mass is 251 g/mol. The Balaban J connectivity index is 3.24. The Bertz CT molecular complexity index is 332. The van der Waals surface area contributed by atoms with E-state index in [9.17, 15) is 9.50 Å². The van der Waals surface area contributed by atoms with Gasteiger partial charge in [-0.05, 0) is 22.0 Å². The van der Waals surface area contributed by atoms with Crippen molar-refractivity contribution in [3.63, 3.8) is 0 Å². The molecule has 0 bridgehead atoms. The zero-order valence-corrected chi connectivity index (χ0v) is 8.01. The number of hydrogen-bond acceptors (Lipinski definition) is 4. The number of phenolic OH excluding ortho intramolecular Hbond substituents is 2. The minimum atomic E-state index is -0.918. The van der Waals surface area contributed by atoms with Crippen molar-refractivity contribution in [2.45, 2.75) is 6.61 Å². The molecule has 0 unspecified atom stereocenters. The fourth-order valence-electron chi connectivity index (χ4n) is 0.854. The van der Waals surface area contributed by atoms with Crippen LogP contribution in [-0.2, 0) is 11.4 Å². The summed E-state index contributed by atoms with van der Waals surface area (Å²) in [6.45, 7) is -0.113. The van der Waals surface area contributed by atoms with Crippen LogP contribution in [0.3, 0.4) is 0 Å². The second kappa shape index (κ2) is 3.91. The molecule has 0 atom stereocenters. The van der Waals surface area contributed by atoms with Gasteiger partial charge in [-0.25, -0.2) is 10.3 Å². The molecule has 1 aromatic carbocycles. The smallest absolute Gasteiger partial charge is 0.195 e. The summed E-state index contributed by atoms with van der Waals surface area (Å²) in [7, 11) is 0. The lowest BCUT2D eigenvalue weighted by atomic mass is 10.2. The molecule has 6 heteroatoms. The second-order valence-electron chi connectivity index (χ2n) is 2.34. The van der Waals surface area contributed by atoms with E-state index in [2.05, 4.69) is 20.8 Å². The molecule has 1 rings (SSSR count). The van der Waals surface area contributed by atoms with Crippen molar-refractivity contribution in [1.82, 2.24) is 0 Å². The van der Waals surface area contributed by atoms with E-state index in [0.717, 1.165) is 0 Å². The first-order valence-electron chi connectivity index (χ1n) is 3.28. The van der Waals surface area contributed by atoms with E-state index in [1.807, 2.05) is 0 Å². The van der Waals surface area contributed by atoms with Crippen LogP contribution in [0.4, 0.5) is 4.39 Å². The largest absolute Gasteiger partial charge is 0.504 e. The summed E-state index contributed by atoms with van der Waals surface area (Å²) in [6, 6.07) is 1.28. The summed E-state index contributed by atoms with van der Waals surface area (Å²) < 4.78 is 12.9. The Hall–Kier alpha value is -0.850. The van der Waals surface area contributed by atoms with Crippen LogP contribution in [0, 0.1) is 5.82 Å². The first-order chi connectivity index (χ1) is 6.07. The van der Waals surface area contributed by atoms with E-state index in [-0.39, 0.29) is 16.6 Å². The van der Waals surface area contributed by atoms with Gasteiger partial charge in [-0.1, -0.05) is 0 Å². The van der Waals surface area contributed by atoms with Crippen molar-refractivity contribution in [2.24, 2.45) is 5.90 Å². The molecule has 1 aromatic rings. The van der Waals surface area contributed by atoms with Gasteiger partial charge in [0.25, 0.3) is 0 Å². The maximum Gasteiger partial charge on any atom is 0.195 e. The van der Waals surface area contributed by atoms with Crippen LogP contribution in [0.25, 0.3) is 0 Å². The number of nitrogens with two attached hydrogens (primary N) is 1. The average Bonchev–Trinajstić information content (AvgIpc) is 2.11. The molecular formula is C7H7BrFNO3. The number of rotatable bonds is 2. The topological polar surface area (TPSA) is 75.7 Å². The summed E-state index contributed by atoms with van der Waals surface area (Å²) in [5.41, 5.74) is 0.202. The highest BCUT2D eigenvalue weighted by molar-refractivity contribution is 9.10. The lowest BCUT2D eigenvalue weighted by Crippen LogP contribution is -2.00. The number of phenols is 2. The quantitative estimate of drug-likeness (QED) is 0.549. The van der Waals surface area contributed by atoms with Gasteiger partial charge in [0.2, 0.25) is 0 Å². The van der Waals surface area contributed by atoms with E-state index < -0.39 is 17.3 Å². The maximum atomic E-state index is 12.9. The van der Waals surface area contributed by atoms with E-state index in [4.69, 9.17) is 11.0 Å². The Morgan fingerprint density at radius 3 is 2.62 bits per heavy atom. The highest BCUT2D eigenvalue weighted by Gasteiger charge is 2.15. The van der Waals surface area contributed by atoms with E-state index >= 15 is 0 Å². The van der Waals surface area contributed by atoms with Gasteiger partial charge in [0.15, 0.2) is 17.3 Å². The highest BCUT2D eigenvalue weighted by Crippen LogP contribution is 2.36. The summed E-state index contributed by atoms with van der Waals surface area (Å²) in [4.78, 5) is 4.24. The highest BCUT2D eigenvalue weighted by atomic mass is 79.9. The van der Waals surface area contributed by atoms with Crippen molar-refractivity contribution < 1.29 is 19.4 Å². The molecule has 0 aliphatic heterocycles. The molecule has 0 aromatic heterocycles. The molecule has 0 saturated carbocycles. The maximum absolute atomic E-state index is 12.9. The SMILES string of the molecule is NOCc1cc(Br)c(F)c(O)c1O. The number of hydrogen-bond donors (Lipinski definition) is 3. The van der Waals surface area contributed by atoms with Gasteiger partial charge in [0, 0.05) is 5.56 Å². The molecule has 0 amide bonds. The van der Waals surface area contributed by atoms with Crippen molar-refractivity contribution in [3.8, 4) is 11.5 Å². The van der Waals surface area contributed by atoms with Crippen LogP contribution in [-0.4, -0.2) is 10.2 Å². The predicted octanol–water partition coefficient (Wildman–Crippen LogP) is 1.39. The first kappa shape index (κ1) is 10.2. The van der Waals surface area contributed by atoms with Crippen molar-refractivity contribution in [2.75, 3.05) is 0 Å². The van der Waals surface area contributed by atoms with Gasteiger partial charge in [0.1, 0.15) is 0 Å². The Morgan fingerprint density at radius 1 is 1.46 bits per heavy atom. The van der Waals surface area contributed by atoms with Crippen LogP contribution < -0.4 is 5.90 Å². The van der Waals surface area contributed by atoms with E-state index in [1.165, 1.54) is 6.07 Å². The van der Waals surface area contributed by atoms with Crippen LogP contribution in [0.1, 0.15) is 5.56 Å². The molecule has 72 valence electrons. The Morgan fingerprint density at radius 2 is 2.08 bits per heavy atom. The molecule has 4 nitrogen and oxygen atoms in total. The zero-order valence-electron chi connectivity index (χ0n) is 6.42. The zero-order chi connectivity index (χ0) is 10.0. The molecule has 0 fully saturated rings. The molecule has 4 N–H and O–H groups in total. The fraction of sp³-hybridized carbons (Fsp3) is 0.143. The Labute approximate surface area is 81.8 Å². The molecule has 0 aliphatic carbocycles. The first-order valence-corrected chi connectivity index (χ1v) is 4.07. The van der Waals surface area contributed by atoms with Crippen molar-refractivity contribution in [1.29, 1.82) is 0 Å². The summed E-state index contributed by atoms with van der Waals surface area (Å²) >= 11 is 2.86. The molecule has 0 radical (unpaired) electrons. The van der Waals surface area contributed by atoms with Gasteiger partial charge in [-0.15, -0.1) is 0 Å². The van der Waals surface area contributed by atoms with Gasteiger partial charge in [-0.3, -0.25) is 4.84 Å². The number of aromatic hydroxyl groups is 2. The van der Waals surface area contributed by atoms with Crippen LogP contribution in [0.15, 0.2) is 10.5 Å². The van der Waals surface area contributed by atoms with Crippen molar-refractivity contribution in [3.05, 3.63) is 21.9 Å². The van der Waals surface area contributed by atoms with Gasteiger partial charge in [0.05, 0.1) is 11.1 Å². The van der Waals surface area contributed by atoms with Crippen LogP contribution >= 0.6 is 15.9 Å². The standard InChI is InChI=1S/C7H7BrFNO3/c8-4-1-3(2-13-10)6(11)7(12)5(4)9/h1,11-12H,2,10H2. The molecular weight excluding hydrogens is 245 g/mol. The predicted molar refractivity (Wildman–Crippen MR) is 46.4 cm³/mol. The summed E-state index contributed by atoms with van der Waals surface area (Å²) in [5, 5.41) is 18.2. The molecule has 0 saturated heterocycles. The van der Waals surface area contributed by atoms with Gasteiger partial charge < -0.3 is 10.2 Å². The summed E-state index contributed by atoms with van der Waals surface area (Å²) in [5.74, 6) is 2.47. The second-order valence-corrected chi connectivity index (χ2v) is 3.19. The van der Waals surface area contributed by atoms with Gasteiger partial charge >= 0.3 is 0 Å². The average molecular weight is 252 g/mol. The molecule has 0 spiro atoms. The lowest BCUT2D eigenvalue weighted by Gasteiger charge is -2.06. The van der Waals surface area contributed by atoms with Crippen LogP contribution in [0.2, 0.25) is 0 Å². The lowest BCUT2D eigenvalue weighted by molar-refractivity contribution is 0.121. The molecule has 0 aliphatic rings. The minimum absolute atomic E-state index is 0.0369. The third-order valence-electron chi connectivity index (χ3n) is 1.49. The molecule has 0 heterocycles. The molecule has 13 heavy (non-hydrogen) atoms.